The van der Waals surface area contributed by atoms with Crippen LogP contribution in [0, 0.1) is 5.92 Å². The molecule has 2 heterocycles. The highest BCUT2D eigenvalue weighted by atomic mass is 16.3. The van der Waals surface area contributed by atoms with Gasteiger partial charge < -0.3 is 19.5 Å². The average molecular weight is 361 g/mol. The van der Waals surface area contributed by atoms with Gasteiger partial charge in [0.25, 0.3) is 5.91 Å². The lowest BCUT2D eigenvalue weighted by atomic mass is 9.86. The second-order valence-corrected chi connectivity index (χ2v) is 7.38. The summed E-state index contributed by atoms with van der Waals surface area (Å²) >= 11 is 0. The minimum absolute atomic E-state index is 0.0231. The lowest BCUT2D eigenvalue weighted by molar-refractivity contribution is 0.0657. The first kappa shape index (κ1) is 18.8. The molecule has 0 radical (unpaired) electrons. The van der Waals surface area contributed by atoms with Crippen LogP contribution in [-0.4, -0.2) is 61.4 Å². The highest BCUT2D eigenvalue weighted by Gasteiger charge is 2.25. The van der Waals surface area contributed by atoms with Crippen LogP contribution in [0.3, 0.4) is 0 Å². The molecule has 1 N–H and O–H groups in total. The maximum absolute atomic E-state index is 12.3. The topological polar surface area (TPSA) is 61.1 Å². The summed E-state index contributed by atoms with van der Waals surface area (Å²) in [5.41, 5.74) is 0. The number of nitrogens with zero attached hydrogens (tertiary/aromatic N) is 3. The van der Waals surface area contributed by atoms with E-state index in [0.717, 1.165) is 31.5 Å². The number of carbonyl (C=O) groups excluding carboxylic acids is 1. The van der Waals surface area contributed by atoms with Crippen molar-refractivity contribution in [2.24, 2.45) is 10.9 Å². The molecule has 0 unspecified atom stereocenters. The molecule has 1 aliphatic carbocycles. The first-order valence-corrected chi connectivity index (χ1v) is 10.1. The SMILES string of the molecule is CN=C(NCCCC1CCCCC1)N1CCN(C(=O)c2ccco2)CC1. The van der Waals surface area contributed by atoms with Crippen LogP contribution < -0.4 is 5.32 Å². The van der Waals surface area contributed by atoms with Crippen molar-refractivity contribution in [1.82, 2.24) is 15.1 Å². The summed E-state index contributed by atoms with van der Waals surface area (Å²) in [5.74, 6) is 2.29. The monoisotopic (exact) mass is 360 g/mol. The Balaban J connectivity index is 1.37. The highest BCUT2D eigenvalue weighted by Crippen LogP contribution is 2.26. The van der Waals surface area contributed by atoms with Gasteiger partial charge in [0.2, 0.25) is 0 Å². The minimum atomic E-state index is -0.0231. The quantitative estimate of drug-likeness (QED) is 0.498. The predicted molar refractivity (Wildman–Crippen MR) is 103 cm³/mol. The second-order valence-electron chi connectivity index (χ2n) is 7.38. The van der Waals surface area contributed by atoms with Crippen LogP contribution in [0.25, 0.3) is 0 Å². The molecule has 6 nitrogen and oxygen atoms in total. The zero-order valence-corrected chi connectivity index (χ0v) is 16.0. The number of piperazine rings is 1. The zero-order valence-electron chi connectivity index (χ0n) is 16.0. The fraction of sp³-hybridized carbons (Fsp3) is 0.700. The summed E-state index contributed by atoms with van der Waals surface area (Å²) in [6.45, 7) is 3.98. The maximum Gasteiger partial charge on any atom is 0.289 e. The summed E-state index contributed by atoms with van der Waals surface area (Å²) < 4.78 is 5.22. The van der Waals surface area contributed by atoms with Crippen LogP contribution in [0.2, 0.25) is 0 Å². The van der Waals surface area contributed by atoms with Crippen molar-refractivity contribution < 1.29 is 9.21 Å². The fourth-order valence-corrected chi connectivity index (χ4v) is 4.08. The van der Waals surface area contributed by atoms with Gasteiger partial charge in [0, 0.05) is 39.8 Å². The van der Waals surface area contributed by atoms with Gasteiger partial charge in [0.15, 0.2) is 11.7 Å². The van der Waals surface area contributed by atoms with Crippen molar-refractivity contribution in [1.29, 1.82) is 0 Å². The molecule has 0 bridgehead atoms. The lowest BCUT2D eigenvalue weighted by Crippen LogP contribution is -2.53. The van der Waals surface area contributed by atoms with Gasteiger partial charge in [-0.05, 0) is 30.9 Å². The molecule has 1 amide bonds. The molecule has 0 atom stereocenters. The summed E-state index contributed by atoms with van der Waals surface area (Å²) in [7, 11) is 1.84. The molecule has 2 fully saturated rings. The van der Waals surface area contributed by atoms with Crippen LogP contribution >= 0.6 is 0 Å². The predicted octanol–water partition coefficient (Wildman–Crippen LogP) is 2.97. The summed E-state index contributed by atoms with van der Waals surface area (Å²) in [5, 5.41) is 3.50. The molecule has 1 aromatic rings. The number of rotatable bonds is 5. The molecule has 0 spiro atoms. The zero-order chi connectivity index (χ0) is 18.2. The van der Waals surface area contributed by atoms with Crippen molar-refractivity contribution in [2.45, 2.75) is 44.9 Å². The number of hydrogen-bond donors (Lipinski definition) is 1. The lowest BCUT2D eigenvalue weighted by Gasteiger charge is -2.36. The summed E-state index contributed by atoms with van der Waals surface area (Å²) in [4.78, 5) is 20.9. The number of furan rings is 1. The molecule has 144 valence electrons. The van der Waals surface area contributed by atoms with E-state index in [4.69, 9.17) is 4.42 Å². The van der Waals surface area contributed by atoms with Crippen LogP contribution in [0.1, 0.15) is 55.5 Å². The van der Waals surface area contributed by atoms with Gasteiger partial charge in [-0.1, -0.05) is 32.1 Å². The smallest absolute Gasteiger partial charge is 0.289 e. The van der Waals surface area contributed by atoms with Crippen molar-refractivity contribution in [3.8, 4) is 0 Å². The van der Waals surface area contributed by atoms with E-state index in [1.165, 1.54) is 44.9 Å². The minimum Gasteiger partial charge on any atom is -0.459 e. The van der Waals surface area contributed by atoms with Crippen molar-refractivity contribution in [2.75, 3.05) is 39.8 Å². The van der Waals surface area contributed by atoms with Crippen LogP contribution in [0.4, 0.5) is 0 Å². The Morgan fingerprint density at radius 3 is 2.58 bits per heavy atom. The number of aliphatic imine (C=N–C) groups is 1. The average Bonchev–Trinajstić information content (AvgIpc) is 3.23. The van der Waals surface area contributed by atoms with E-state index in [1.807, 2.05) is 11.9 Å². The van der Waals surface area contributed by atoms with Gasteiger partial charge in [-0.3, -0.25) is 9.79 Å². The Morgan fingerprint density at radius 1 is 1.19 bits per heavy atom. The molecule has 26 heavy (non-hydrogen) atoms. The Hall–Kier alpha value is -1.98. The number of nitrogens with one attached hydrogen (secondary N) is 1. The summed E-state index contributed by atoms with van der Waals surface area (Å²) in [6.07, 6.45) is 11.2. The molecule has 2 aliphatic rings. The maximum atomic E-state index is 12.3. The van der Waals surface area contributed by atoms with Crippen molar-refractivity contribution >= 4 is 11.9 Å². The number of guanidine groups is 1. The third kappa shape index (κ3) is 5.02. The first-order valence-electron chi connectivity index (χ1n) is 10.1. The van der Waals surface area contributed by atoms with Gasteiger partial charge in [-0.15, -0.1) is 0 Å². The second kappa shape index (κ2) is 9.64. The van der Waals surface area contributed by atoms with E-state index in [-0.39, 0.29) is 5.91 Å². The van der Waals surface area contributed by atoms with Crippen LogP contribution in [-0.2, 0) is 0 Å². The third-order valence-electron chi connectivity index (χ3n) is 5.61. The molecular weight excluding hydrogens is 328 g/mol. The Bertz CT molecular complexity index is 571. The van der Waals surface area contributed by atoms with E-state index in [2.05, 4.69) is 15.2 Å². The summed E-state index contributed by atoms with van der Waals surface area (Å²) in [6, 6.07) is 3.48. The van der Waals surface area contributed by atoms with Crippen molar-refractivity contribution in [3.05, 3.63) is 24.2 Å². The van der Waals surface area contributed by atoms with Crippen LogP contribution in [0.15, 0.2) is 27.8 Å². The molecule has 6 heteroatoms. The molecule has 1 aromatic heterocycles. The number of carbonyl (C=O) groups is 1. The number of hydrogen-bond acceptors (Lipinski definition) is 3. The first-order chi connectivity index (χ1) is 12.8. The standard InChI is InChI=1S/C20H32N4O2/c1-21-20(22-11-5-9-17-7-3-2-4-8-17)24-14-12-23(13-15-24)19(25)18-10-6-16-26-18/h6,10,16-17H,2-5,7-9,11-15H2,1H3,(H,21,22). The third-order valence-corrected chi connectivity index (χ3v) is 5.61. The Morgan fingerprint density at radius 2 is 1.92 bits per heavy atom. The van der Waals surface area contributed by atoms with Gasteiger partial charge >= 0.3 is 0 Å². The highest BCUT2D eigenvalue weighted by molar-refractivity contribution is 5.91. The molecular formula is C20H32N4O2. The van der Waals surface area contributed by atoms with E-state index >= 15 is 0 Å². The van der Waals surface area contributed by atoms with E-state index in [0.29, 0.717) is 18.8 Å². The van der Waals surface area contributed by atoms with Gasteiger partial charge in [0.1, 0.15) is 0 Å². The Labute approximate surface area is 156 Å². The fourth-order valence-electron chi connectivity index (χ4n) is 4.08. The van der Waals surface area contributed by atoms with E-state index in [9.17, 15) is 4.79 Å². The normalized spacial score (nSPS) is 19.7. The molecule has 1 aliphatic heterocycles. The van der Waals surface area contributed by atoms with Gasteiger partial charge in [-0.2, -0.15) is 0 Å². The largest absolute Gasteiger partial charge is 0.459 e. The van der Waals surface area contributed by atoms with E-state index in [1.54, 1.807) is 18.4 Å². The molecule has 1 saturated heterocycles. The molecule has 1 saturated carbocycles. The van der Waals surface area contributed by atoms with Gasteiger partial charge in [-0.25, -0.2) is 0 Å². The molecule has 0 aromatic carbocycles. The van der Waals surface area contributed by atoms with Crippen molar-refractivity contribution in [3.63, 3.8) is 0 Å². The van der Waals surface area contributed by atoms with Gasteiger partial charge in [0.05, 0.1) is 6.26 Å². The molecule has 3 rings (SSSR count). The van der Waals surface area contributed by atoms with Crippen LogP contribution in [0.5, 0.6) is 0 Å². The van der Waals surface area contributed by atoms with E-state index < -0.39 is 0 Å². The Kier molecular flexibility index (Phi) is 6.97. The number of amides is 1.